The fourth-order valence-corrected chi connectivity index (χ4v) is 3.08. The number of thiocarbonyl (C=S) groups is 2. The molecule has 0 radical (unpaired) electrons. The monoisotopic (exact) mass is 392 g/mol. The van der Waals surface area contributed by atoms with E-state index in [1.807, 2.05) is 6.92 Å². The summed E-state index contributed by atoms with van der Waals surface area (Å²) in [5, 5.41) is 0.810. The molecule has 0 saturated heterocycles. The molecule has 1 unspecified atom stereocenters. The Labute approximate surface area is 166 Å². The second-order valence-electron chi connectivity index (χ2n) is 6.90. The van der Waals surface area contributed by atoms with E-state index < -0.39 is 0 Å². The quantitative estimate of drug-likeness (QED) is 0.657. The van der Waals surface area contributed by atoms with Gasteiger partial charge in [0, 0.05) is 13.1 Å². The first kappa shape index (κ1) is 26.6. The first-order valence-corrected chi connectivity index (χ1v) is 10.4. The van der Waals surface area contributed by atoms with E-state index in [0.717, 1.165) is 25.9 Å². The average molecular weight is 393 g/mol. The van der Waals surface area contributed by atoms with Crippen molar-refractivity contribution >= 4 is 34.8 Å². The van der Waals surface area contributed by atoms with Gasteiger partial charge in [-0.3, -0.25) is 0 Å². The van der Waals surface area contributed by atoms with E-state index >= 15 is 0 Å². The van der Waals surface area contributed by atoms with Gasteiger partial charge >= 0.3 is 0 Å². The van der Waals surface area contributed by atoms with E-state index in [0.29, 0.717) is 23.3 Å². The van der Waals surface area contributed by atoms with Gasteiger partial charge in [0.05, 0.1) is 6.61 Å². The summed E-state index contributed by atoms with van der Waals surface area (Å²) >= 11 is 9.68. The van der Waals surface area contributed by atoms with E-state index in [1.54, 1.807) is 0 Å². The summed E-state index contributed by atoms with van der Waals surface area (Å²) in [6, 6.07) is 0. The molecule has 150 valence electrons. The summed E-state index contributed by atoms with van der Waals surface area (Å²) in [6.45, 7) is 17.4. The van der Waals surface area contributed by atoms with Crippen LogP contribution in [0.1, 0.15) is 80.6 Å². The summed E-state index contributed by atoms with van der Waals surface area (Å²) in [5.74, 6) is 0. The van der Waals surface area contributed by atoms with E-state index in [9.17, 15) is 0 Å². The predicted octanol–water partition coefficient (Wildman–Crippen LogP) is 5.28. The van der Waals surface area contributed by atoms with E-state index in [1.165, 1.54) is 19.3 Å². The van der Waals surface area contributed by atoms with Crippen molar-refractivity contribution in [2.45, 2.75) is 86.7 Å². The third kappa shape index (κ3) is 15.4. The van der Waals surface area contributed by atoms with Gasteiger partial charge in [-0.1, -0.05) is 34.1 Å². The molecule has 0 heterocycles. The van der Waals surface area contributed by atoms with Crippen molar-refractivity contribution in [3.05, 3.63) is 0 Å². The zero-order chi connectivity index (χ0) is 19.9. The Morgan fingerprint density at radius 1 is 1.12 bits per heavy atom. The normalized spacial score (nSPS) is 17.8. The molecule has 4 nitrogen and oxygen atoms in total. The van der Waals surface area contributed by atoms with Crippen molar-refractivity contribution in [2.24, 2.45) is 11.1 Å². The van der Waals surface area contributed by atoms with Gasteiger partial charge in [0.25, 0.3) is 10.3 Å². The van der Waals surface area contributed by atoms with Crippen LogP contribution in [0.2, 0.25) is 0 Å². The second kappa shape index (κ2) is 15.6. The smallest absolute Gasteiger partial charge is 0.259 e. The highest BCUT2D eigenvalue weighted by Crippen LogP contribution is 2.36. The maximum atomic E-state index is 5.93. The van der Waals surface area contributed by atoms with Crippen molar-refractivity contribution in [1.29, 1.82) is 0 Å². The third-order valence-electron chi connectivity index (χ3n) is 3.74. The highest BCUT2D eigenvalue weighted by molar-refractivity contribution is 7.80. The number of nitrogens with two attached hydrogens (primary N) is 1. The predicted molar refractivity (Wildman–Crippen MR) is 117 cm³/mol. The lowest BCUT2D eigenvalue weighted by Crippen LogP contribution is -2.36. The molecule has 6 heteroatoms. The molecule has 25 heavy (non-hydrogen) atoms. The van der Waals surface area contributed by atoms with Crippen molar-refractivity contribution < 1.29 is 9.47 Å². The van der Waals surface area contributed by atoms with Crippen LogP contribution in [0, 0.1) is 5.41 Å². The Morgan fingerprint density at radius 2 is 1.64 bits per heavy atom. The van der Waals surface area contributed by atoms with Crippen LogP contribution in [0.15, 0.2) is 0 Å². The standard InChI is InChI=1S/C13H25NOS.C3H7NOS.C3H8/c1-5-14(6-2)12(16)15-11-8-7-9-13(3,4)10-11;1-2-5-3(4)6;1-3-2/h11H,5-10H2,1-4H3;2H2,1H3,(H2,4,6);3H2,1-2H3. The maximum absolute atomic E-state index is 5.93. The van der Waals surface area contributed by atoms with Gasteiger partial charge in [0.2, 0.25) is 0 Å². The SMILES string of the molecule is CCC.CCN(CC)C(=S)OC1CCCC(C)(C)C1.CCOC(N)=S. The molecule has 0 aromatic heterocycles. The molecule has 0 aromatic rings. The van der Waals surface area contributed by atoms with E-state index in [4.69, 9.17) is 22.7 Å². The van der Waals surface area contributed by atoms with Crippen molar-refractivity contribution in [1.82, 2.24) is 4.90 Å². The lowest BCUT2D eigenvalue weighted by atomic mass is 9.76. The van der Waals surface area contributed by atoms with Crippen molar-refractivity contribution in [3.63, 3.8) is 0 Å². The minimum atomic E-state index is 0.123. The summed E-state index contributed by atoms with van der Waals surface area (Å²) in [7, 11) is 0. The molecule has 2 N–H and O–H groups in total. The highest BCUT2D eigenvalue weighted by atomic mass is 32.1. The average Bonchev–Trinajstić information content (AvgIpc) is 2.48. The Morgan fingerprint density at radius 3 is 1.96 bits per heavy atom. The zero-order valence-electron chi connectivity index (χ0n) is 17.4. The molecule has 0 aromatic carbocycles. The summed E-state index contributed by atoms with van der Waals surface area (Å²) in [4.78, 5) is 2.11. The number of rotatable bonds is 4. The first-order valence-electron chi connectivity index (χ1n) is 9.54. The molecule has 1 aliphatic rings. The molecule has 1 atom stereocenters. The topological polar surface area (TPSA) is 47.7 Å². The minimum absolute atomic E-state index is 0.123. The van der Waals surface area contributed by atoms with E-state index in [-0.39, 0.29) is 5.17 Å². The van der Waals surface area contributed by atoms with Crippen molar-refractivity contribution in [2.75, 3.05) is 19.7 Å². The lowest BCUT2D eigenvalue weighted by Gasteiger charge is -2.36. The molecule has 0 amide bonds. The van der Waals surface area contributed by atoms with Crippen LogP contribution in [0.4, 0.5) is 0 Å². The second-order valence-corrected chi connectivity index (χ2v) is 7.65. The van der Waals surface area contributed by atoms with Crippen LogP contribution in [-0.4, -0.2) is 41.0 Å². The molecule has 0 spiro atoms. The van der Waals surface area contributed by atoms with E-state index in [2.05, 4.69) is 63.4 Å². The third-order valence-corrected chi connectivity index (χ3v) is 4.21. The van der Waals surface area contributed by atoms with Gasteiger partial charge in [-0.15, -0.1) is 0 Å². The van der Waals surface area contributed by atoms with Crippen LogP contribution in [0.3, 0.4) is 0 Å². The van der Waals surface area contributed by atoms with Gasteiger partial charge in [0.15, 0.2) is 0 Å². The number of ether oxygens (including phenoxy) is 2. The molecular formula is C19H40N2O2S2. The maximum Gasteiger partial charge on any atom is 0.259 e. The summed E-state index contributed by atoms with van der Waals surface area (Å²) in [5.41, 5.74) is 5.33. The fourth-order valence-electron chi connectivity index (χ4n) is 2.57. The zero-order valence-corrected chi connectivity index (χ0v) is 19.0. The molecule has 0 bridgehead atoms. The molecule has 1 saturated carbocycles. The number of nitrogens with zero attached hydrogens (tertiary/aromatic N) is 1. The van der Waals surface area contributed by atoms with Gasteiger partial charge < -0.3 is 20.1 Å². The van der Waals surface area contributed by atoms with Gasteiger partial charge in [0.1, 0.15) is 6.10 Å². The largest absolute Gasteiger partial charge is 0.472 e. The molecular weight excluding hydrogens is 352 g/mol. The number of hydrogen-bond acceptors (Lipinski definition) is 4. The van der Waals surface area contributed by atoms with Crippen LogP contribution < -0.4 is 5.73 Å². The van der Waals surface area contributed by atoms with Crippen molar-refractivity contribution in [3.8, 4) is 0 Å². The van der Waals surface area contributed by atoms with Gasteiger partial charge in [-0.2, -0.15) is 0 Å². The fraction of sp³-hybridized carbons (Fsp3) is 0.895. The molecule has 1 rings (SSSR count). The Hall–Kier alpha value is -0.620. The Bertz CT molecular complexity index is 359. The Kier molecular flexibility index (Phi) is 16.6. The Balaban J connectivity index is 0. The van der Waals surface area contributed by atoms with Gasteiger partial charge in [-0.05, 0) is 76.3 Å². The summed E-state index contributed by atoms with van der Waals surface area (Å²) in [6.07, 6.45) is 6.44. The van der Waals surface area contributed by atoms with Crippen LogP contribution in [-0.2, 0) is 9.47 Å². The van der Waals surface area contributed by atoms with Crippen LogP contribution >= 0.6 is 24.4 Å². The number of hydrogen-bond donors (Lipinski definition) is 1. The van der Waals surface area contributed by atoms with Gasteiger partial charge in [-0.25, -0.2) is 0 Å². The lowest BCUT2D eigenvalue weighted by molar-refractivity contribution is 0.0648. The van der Waals surface area contributed by atoms with Crippen LogP contribution in [0.25, 0.3) is 0 Å². The summed E-state index contributed by atoms with van der Waals surface area (Å²) < 4.78 is 10.5. The minimum Gasteiger partial charge on any atom is -0.472 e. The van der Waals surface area contributed by atoms with Crippen LogP contribution in [0.5, 0.6) is 0 Å². The first-order chi connectivity index (χ1) is 11.7. The molecule has 1 fully saturated rings. The highest BCUT2D eigenvalue weighted by Gasteiger charge is 2.29. The molecule has 1 aliphatic carbocycles. The molecule has 0 aliphatic heterocycles.